The molecule has 1 aromatic rings. The zero-order chi connectivity index (χ0) is 13.5. The van der Waals surface area contributed by atoms with E-state index < -0.39 is 0 Å². The summed E-state index contributed by atoms with van der Waals surface area (Å²) in [6.07, 6.45) is 1.14. The van der Waals surface area contributed by atoms with Crippen molar-refractivity contribution in [3.05, 3.63) is 15.8 Å². The fourth-order valence-electron chi connectivity index (χ4n) is 1.77. The van der Waals surface area contributed by atoms with E-state index in [1.165, 1.54) is 11.3 Å². The van der Waals surface area contributed by atoms with Gasteiger partial charge in [-0.2, -0.15) is 0 Å². The Balaban J connectivity index is 2.37. The fourth-order valence-corrected chi connectivity index (χ4v) is 2.62. The van der Waals surface area contributed by atoms with Crippen LogP contribution in [0.25, 0.3) is 0 Å². The second-order valence-corrected chi connectivity index (χ2v) is 5.57. The number of hydrogen-bond acceptors (Lipinski definition) is 4. The van der Waals surface area contributed by atoms with E-state index in [9.17, 15) is 4.79 Å². The van der Waals surface area contributed by atoms with Crippen molar-refractivity contribution in [2.24, 2.45) is 0 Å². The lowest BCUT2D eigenvalue weighted by molar-refractivity contribution is 0.0952. The van der Waals surface area contributed by atoms with Gasteiger partial charge in [-0.3, -0.25) is 4.79 Å². The number of anilines is 1. The molecule has 0 spiro atoms. The van der Waals surface area contributed by atoms with Gasteiger partial charge in [0, 0.05) is 23.7 Å². The molecule has 0 unspecified atom stereocenters. The number of aryl methyl sites for hydroxylation is 1. The van der Waals surface area contributed by atoms with Crippen LogP contribution in [-0.2, 0) is 0 Å². The van der Waals surface area contributed by atoms with Crippen LogP contribution in [0.3, 0.4) is 0 Å². The quantitative estimate of drug-likeness (QED) is 0.797. The van der Waals surface area contributed by atoms with Gasteiger partial charge in [0.25, 0.3) is 5.91 Å². The largest absolute Gasteiger partial charge is 0.398 e. The van der Waals surface area contributed by atoms with E-state index in [-0.39, 0.29) is 5.91 Å². The van der Waals surface area contributed by atoms with Crippen LogP contribution in [0.15, 0.2) is 6.07 Å². The number of nitrogens with two attached hydrogens (primary N) is 1. The maximum absolute atomic E-state index is 11.9. The molecule has 0 saturated carbocycles. The van der Waals surface area contributed by atoms with E-state index in [1.807, 2.05) is 6.92 Å². The molecule has 0 saturated heterocycles. The normalized spacial score (nSPS) is 10.9. The molecule has 0 radical (unpaired) electrons. The molecule has 0 aliphatic heterocycles. The van der Waals surface area contributed by atoms with Crippen molar-refractivity contribution in [2.45, 2.75) is 27.2 Å². The lowest BCUT2D eigenvalue weighted by Crippen LogP contribution is -2.35. The van der Waals surface area contributed by atoms with Crippen LogP contribution >= 0.6 is 11.3 Å². The highest BCUT2D eigenvalue weighted by molar-refractivity contribution is 7.14. The summed E-state index contributed by atoms with van der Waals surface area (Å²) in [4.78, 5) is 15.9. The predicted molar refractivity (Wildman–Crippen MR) is 78.2 cm³/mol. The summed E-state index contributed by atoms with van der Waals surface area (Å²) in [6, 6.07) is 1.75. The number of thiophene rings is 1. The topological polar surface area (TPSA) is 58.4 Å². The van der Waals surface area contributed by atoms with Crippen LogP contribution < -0.4 is 11.1 Å². The van der Waals surface area contributed by atoms with Gasteiger partial charge in [0.1, 0.15) is 0 Å². The Labute approximate surface area is 113 Å². The van der Waals surface area contributed by atoms with Crippen LogP contribution in [-0.4, -0.2) is 37.0 Å². The first kappa shape index (κ1) is 15.0. The molecular weight excluding hydrogens is 246 g/mol. The van der Waals surface area contributed by atoms with Crippen LogP contribution in [0, 0.1) is 6.92 Å². The molecule has 5 heteroatoms. The van der Waals surface area contributed by atoms with Gasteiger partial charge < -0.3 is 16.0 Å². The Hall–Kier alpha value is -1.07. The van der Waals surface area contributed by atoms with Gasteiger partial charge in [-0.15, -0.1) is 11.3 Å². The SMILES string of the molecule is CCCN(CC)CCNC(=O)c1cc(N)c(C)s1. The van der Waals surface area contributed by atoms with E-state index in [1.54, 1.807) is 6.07 Å². The first-order valence-electron chi connectivity index (χ1n) is 6.44. The van der Waals surface area contributed by atoms with Crippen molar-refractivity contribution in [1.29, 1.82) is 0 Å². The number of carbonyl (C=O) groups is 1. The minimum Gasteiger partial charge on any atom is -0.398 e. The second-order valence-electron chi connectivity index (χ2n) is 4.31. The van der Waals surface area contributed by atoms with Crippen molar-refractivity contribution < 1.29 is 4.79 Å². The standard InChI is InChI=1S/C13H23N3OS/c1-4-7-16(5-2)8-6-15-13(17)12-9-11(14)10(3)18-12/h9H,4-8,14H2,1-3H3,(H,15,17). The summed E-state index contributed by atoms with van der Waals surface area (Å²) in [7, 11) is 0. The Bertz CT molecular complexity index is 370. The molecule has 18 heavy (non-hydrogen) atoms. The molecule has 102 valence electrons. The third-order valence-electron chi connectivity index (χ3n) is 2.88. The summed E-state index contributed by atoms with van der Waals surface area (Å²) in [6.45, 7) is 9.92. The first-order chi connectivity index (χ1) is 8.58. The molecule has 1 aromatic heterocycles. The molecule has 0 bridgehead atoms. The number of nitrogens with one attached hydrogen (secondary N) is 1. The molecule has 1 heterocycles. The van der Waals surface area contributed by atoms with Crippen molar-refractivity contribution in [3.63, 3.8) is 0 Å². The summed E-state index contributed by atoms with van der Waals surface area (Å²) in [5.74, 6) is -0.0210. The van der Waals surface area contributed by atoms with Crippen LogP contribution in [0.4, 0.5) is 5.69 Å². The predicted octanol–water partition coefficient (Wildman–Crippen LogP) is 2.10. The first-order valence-corrected chi connectivity index (χ1v) is 7.26. The van der Waals surface area contributed by atoms with E-state index >= 15 is 0 Å². The number of likely N-dealkylation sites (N-methyl/N-ethyl adjacent to an activating group) is 1. The van der Waals surface area contributed by atoms with Gasteiger partial charge in [-0.1, -0.05) is 13.8 Å². The number of amides is 1. The molecular formula is C13H23N3OS. The average molecular weight is 269 g/mol. The van der Waals surface area contributed by atoms with Gasteiger partial charge in [-0.05, 0) is 32.5 Å². The van der Waals surface area contributed by atoms with Crippen molar-refractivity contribution in [1.82, 2.24) is 10.2 Å². The third-order valence-corrected chi connectivity index (χ3v) is 3.95. The number of nitrogen functional groups attached to an aromatic ring is 1. The zero-order valence-electron chi connectivity index (χ0n) is 11.5. The molecule has 3 N–H and O–H groups in total. The van der Waals surface area contributed by atoms with Crippen molar-refractivity contribution >= 4 is 22.9 Å². The van der Waals surface area contributed by atoms with Gasteiger partial charge in [0.2, 0.25) is 0 Å². The maximum atomic E-state index is 11.9. The van der Waals surface area contributed by atoms with Crippen LogP contribution in [0.2, 0.25) is 0 Å². The van der Waals surface area contributed by atoms with Crippen LogP contribution in [0.5, 0.6) is 0 Å². The van der Waals surface area contributed by atoms with E-state index in [4.69, 9.17) is 5.73 Å². The van der Waals surface area contributed by atoms with Crippen molar-refractivity contribution in [2.75, 3.05) is 31.9 Å². The summed E-state index contributed by atoms with van der Waals surface area (Å²) >= 11 is 1.45. The van der Waals surface area contributed by atoms with Gasteiger partial charge in [0.05, 0.1) is 4.88 Å². The van der Waals surface area contributed by atoms with Gasteiger partial charge in [-0.25, -0.2) is 0 Å². The Morgan fingerprint density at radius 2 is 2.17 bits per heavy atom. The number of nitrogens with zero attached hydrogens (tertiary/aromatic N) is 1. The molecule has 0 aliphatic carbocycles. The summed E-state index contributed by atoms with van der Waals surface area (Å²) in [5.41, 5.74) is 6.44. The summed E-state index contributed by atoms with van der Waals surface area (Å²) < 4.78 is 0. The van der Waals surface area contributed by atoms with Crippen molar-refractivity contribution in [3.8, 4) is 0 Å². The van der Waals surface area contributed by atoms with Gasteiger partial charge in [0.15, 0.2) is 0 Å². The Morgan fingerprint density at radius 1 is 1.44 bits per heavy atom. The molecule has 1 amide bonds. The molecule has 0 aliphatic rings. The molecule has 0 aromatic carbocycles. The van der Waals surface area contributed by atoms with Gasteiger partial charge >= 0.3 is 0 Å². The fraction of sp³-hybridized carbons (Fsp3) is 0.615. The highest BCUT2D eigenvalue weighted by atomic mass is 32.1. The van der Waals surface area contributed by atoms with E-state index in [0.29, 0.717) is 17.1 Å². The number of rotatable bonds is 7. The lowest BCUT2D eigenvalue weighted by atomic mass is 10.3. The highest BCUT2D eigenvalue weighted by Gasteiger charge is 2.10. The maximum Gasteiger partial charge on any atom is 0.261 e. The number of carbonyl (C=O) groups excluding carboxylic acids is 1. The third kappa shape index (κ3) is 4.31. The highest BCUT2D eigenvalue weighted by Crippen LogP contribution is 2.22. The Morgan fingerprint density at radius 3 is 2.67 bits per heavy atom. The van der Waals surface area contributed by atoms with E-state index in [2.05, 4.69) is 24.1 Å². The van der Waals surface area contributed by atoms with Crippen LogP contribution in [0.1, 0.15) is 34.8 Å². The minimum atomic E-state index is -0.0210. The second kappa shape index (κ2) is 7.38. The minimum absolute atomic E-state index is 0.0210. The Kier molecular flexibility index (Phi) is 6.15. The average Bonchev–Trinajstić information content (AvgIpc) is 2.68. The number of hydrogen-bond donors (Lipinski definition) is 2. The molecule has 4 nitrogen and oxygen atoms in total. The summed E-state index contributed by atoms with van der Waals surface area (Å²) in [5, 5.41) is 2.94. The zero-order valence-corrected chi connectivity index (χ0v) is 12.3. The smallest absolute Gasteiger partial charge is 0.261 e. The molecule has 0 fully saturated rings. The monoisotopic (exact) mass is 269 g/mol. The molecule has 1 rings (SSSR count). The molecule has 0 atom stereocenters. The lowest BCUT2D eigenvalue weighted by Gasteiger charge is -2.19. The van der Waals surface area contributed by atoms with E-state index in [0.717, 1.165) is 30.9 Å².